The normalized spacial score (nSPS) is 14.0. The number of carboxylic acids is 1. The summed E-state index contributed by atoms with van der Waals surface area (Å²) in [5.41, 5.74) is 2.99. The first kappa shape index (κ1) is 25.2. The van der Waals surface area contributed by atoms with Gasteiger partial charge >= 0.3 is 5.97 Å². The second-order valence-electron chi connectivity index (χ2n) is 8.61. The second-order valence-corrected chi connectivity index (χ2v) is 8.61. The highest BCUT2D eigenvalue weighted by Gasteiger charge is 2.22. The van der Waals surface area contributed by atoms with E-state index < -0.39 is 5.97 Å². The van der Waals surface area contributed by atoms with Crippen molar-refractivity contribution in [3.8, 4) is 17.2 Å². The summed E-state index contributed by atoms with van der Waals surface area (Å²) in [4.78, 5) is 27.8. The third-order valence-electron chi connectivity index (χ3n) is 6.32. The number of hydrogen-bond acceptors (Lipinski definition) is 7. The van der Waals surface area contributed by atoms with Crippen LogP contribution in [0, 0.1) is 0 Å². The van der Waals surface area contributed by atoms with Crippen molar-refractivity contribution in [1.29, 1.82) is 0 Å². The van der Waals surface area contributed by atoms with Crippen LogP contribution < -0.4 is 9.47 Å². The fourth-order valence-corrected chi connectivity index (χ4v) is 4.07. The molecule has 2 aromatic carbocycles. The Morgan fingerprint density at radius 3 is 2.44 bits per heavy atom. The smallest absolute Gasteiger partial charge is 0.335 e. The van der Waals surface area contributed by atoms with Gasteiger partial charge in [0.15, 0.2) is 18.1 Å². The maximum Gasteiger partial charge on any atom is 0.335 e. The highest BCUT2D eigenvalue weighted by Crippen LogP contribution is 2.28. The molecule has 1 aromatic heterocycles. The number of piperazine rings is 1. The molecule has 0 atom stereocenters. The molecule has 1 fully saturated rings. The van der Waals surface area contributed by atoms with Gasteiger partial charge in [-0.15, -0.1) is 5.10 Å². The molecule has 0 saturated carbocycles. The van der Waals surface area contributed by atoms with Gasteiger partial charge in [-0.25, -0.2) is 9.48 Å². The number of hydrogen-bond donors (Lipinski definition) is 1. The Morgan fingerprint density at radius 1 is 1.03 bits per heavy atom. The van der Waals surface area contributed by atoms with E-state index in [-0.39, 0.29) is 18.1 Å². The first-order chi connectivity index (χ1) is 17.5. The summed E-state index contributed by atoms with van der Waals surface area (Å²) < 4.78 is 12.8. The Hall–Kier alpha value is -3.92. The third-order valence-corrected chi connectivity index (χ3v) is 6.32. The highest BCUT2D eigenvalue weighted by atomic mass is 16.5. The van der Waals surface area contributed by atoms with Gasteiger partial charge in [-0.05, 0) is 48.4 Å². The van der Waals surface area contributed by atoms with Crippen LogP contribution in [0.25, 0.3) is 5.69 Å². The van der Waals surface area contributed by atoms with Crippen LogP contribution in [0.2, 0.25) is 0 Å². The number of nitrogens with zero attached hydrogens (tertiary/aromatic N) is 5. The Bertz CT molecular complexity index is 1190. The number of amides is 1. The van der Waals surface area contributed by atoms with E-state index in [1.54, 1.807) is 36.1 Å². The zero-order valence-corrected chi connectivity index (χ0v) is 20.6. The van der Waals surface area contributed by atoms with Gasteiger partial charge < -0.3 is 19.5 Å². The number of rotatable bonds is 10. The van der Waals surface area contributed by atoms with Crippen molar-refractivity contribution in [1.82, 2.24) is 24.8 Å². The molecule has 1 aliphatic heterocycles. The van der Waals surface area contributed by atoms with Crippen molar-refractivity contribution in [3.05, 3.63) is 65.5 Å². The van der Waals surface area contributed by atoms with Crippen molar-refractivity contribution in [3.63, 3.8) is 0 Å². The number of carbonyl (C=O) groups excluding carboxylic acids is 1. The molecule has 2 heterocycles. The van der Waals surface area contributed by atoms with Crippen molar-refractivity contribution < 1.29 is 24.2 Å². The number of aryl methyl sites for hydroxylation is 1. The number of carboxylic acid groups (broad SMARTS) is 1. The molecule has 0 radical (unpaired) electrons. The molecule has 10 heteroatoms. The van der Waals surface area contributed by atoms with E-state index in [0.29, 0.717) is 24.6 Å². The monoisotopic (exact) mass is 493 g/mol. The Kier molecular flexibility index (Phi) is 8.17. The average molecular weight is 494 g/mol. The first-order valence-corrected chi connectivity index (χ1v) is 12.0. The molecule has 0 bridgehead atoms. The minimum absolute atomic E-state index is 0.0155. The molecule has 190 valence electrons. The van der Waals surface area contributed by atoms with Gasteiger partial charge in [0.05, 0.1) is 30.3 Å². The number of carbonyl (C=O) groups is 2. The Balaban J connectivity index is 1.21. The van der Waals surface area contributed by atoms with Crippen LogP contribution in [-0.4, -0.2) is 88.2 Å². The van der Waals surface area contributed by atoms with Crippen LogP contribution in [-0.2, 0) is 17.6 Å². The predicted molar refractivity (Wildman–Crippen MR) is 133 cm³/mol. The maximum absolute atomic E-state index is 12.7. The zero-order chi connectivity index (χ0) is 25.5. The minimum atomic E-state index is -0.961. The molecule has 0 aliphatic carbocycles. The summed E-state index contributed by atoms with van der Waals surface area (Å²) in [5.74, 6) is 0.221. The molecule has 1 amide bonds. The first-order valence-electron chi connectivity index (χ1n) is 12.0. The molecule has 3 aromatic rings. The number of methoxy groups -OCH3 is 1. The number of aromatic carboxylic acids is 1. The van der Waals surface area contributed by atoms with E-state index in [2.05, 4.69) is 22.1 Å². The van der Waals surface area contributed by atoms with Crippen LogP contribution in [0.3, 0.4) is 0 Å². The topological polar surface area (TPSA) is 110 Å². The Morgan fingerprint density at radius 2 is 1.78 bits per heavy atom. The van der Waals surface area contributed by atoms with Crippen molar-refractivity contribution in [2.45, 2.75) is 19.8 Å². The molecule has 1 N–H and O–H groups in total. The van der Waals surface area contributed by atoms with Crippen LogP contribution in [0.15, 0.2) is 48.7 Å². The molecular formula is C26H31N5O5. The fourth-order valence-electron chi connectivity index (χ4n) is 4.07. The summed E-state index contributed by atoms with van der Waals surface area (Å²) in [6, 6.07) is 12.3. The van der Waals surface area contributed by atoms with Gasteiger partial charge in [0, 0.05) is 39.1 Å². The average Bonchev–Trinajstić information content (AvgIpc) is 3.40. The van der Waals surface area contributed by atoms with Crippen LogP contribution in [0.4, 0.5) is 0 Å². The summed E-state index contributed by atoms with van der Waals surface area (Å²) in [7, 11) is 1.60. The molecule has 1 aliphatic rings. The molecule has 0 unspecified atom stereocenters. The second kappa shape index (κ2) is 11.7. The molecule has 1 saturated heterocycles. The SMILES string of the molecule is CCc1ccc(OCC(=O)N2CCN(CCc3cn(-c4ccc(C(=O)O)cc4)nn3)CC2)c(OC)c1. The molecule has 4 rings (SSSR count). The number of aromatic nitrogens is 3. The zero-order valence-electron chi connectivity index (χ0n) is 20.6. The van der Waals surface area contributed by atoms with E-state index in [1.807, 2.05) is 29.3 Å². The fraction of sp³-hybridized carbons (Fsp3) is 0.385. The summed E-state index contributed by atoms with van der Waals surface area (Å²) >= 11 is 0. The number of ether oxygens (including phenoxy) is 2. The minimum Gasteiger partial charge on any atom is -0.493 e. The van der Waals surface area contributed by atoms with E-state index >= 15 is 0 Å². The lowest BCUT2D eigenvalue weighted by atomic mass is 10.1. The van der Waals surface area contributed by atoms with E-state index in [1.165, 1.54) is 0 Å². The maximum atomic E-state index is 12.7. The van der Waals surface area contributed by atoms with Crippen molar-refractivity contribution >= 4 is 11.9 Å². The van der Waals surface area contributed by atoms with Gasteiger partial charge in [-0.1, -0.05) is 18.2 Å². The lowest BCUT2D eigenvalue weighted by Gasteiger charge is -2.34. The van der Waals surface area contributed by atoms with Crippen LogP contribution >= 0.6 is 0 Å². The molecule has 36 heavy (non-hydrogen) atoms. The van der Waals surface area contributed by atoms with Gasteiger partial charge in [0.1, 0.15) is 0 Å². The van der Waals surface area contributed by atoms with Gasteiger partial charge in [-0.3, -0.25) is 9.69 Å². The van der Waals surface area contributed by atoms with Crippen molar-refractivity contribution in [2.75, 3.05) is 46.4 Å². The largest absolute Gasteiger partial charge is 0.493 e. The molecule has 10 nitrogen and oxygen atoms in total. The van der Waals surface area contributed by atoms with Gasteiger partial charge in [0.25, 0.3) is 5.91 Å². The van der Waals surface area contributed by atoms with Gasteiger partial charge in [0.2, 0.25) is 0 Å². The summed E-state index contributed by atoms with van der Waals surface area (Å²) in [6.45, 7) is 5.74. The third kappa shape index (κ3) is 6.19. The van der Waals surface area contributed by atoms with E-state index in [4.69, 9.17) is 14.6 Å². The van der Waals surface area contributed by atoms with E-state index in [0.717, 1.165) is 49.4 Å². The lowest BCUT2D eigenvalue weighted by molar-refractivity contribution is -0.135. The highest BCUT2D eigenvalue weighted by molar-refractivity contribution is 5.87. The van der Waals surface area contributed by atoms with Crippen molar-refractivity contribution in [2.24, 2.45) is 0 Å². The van der Waals surface area contributed by atoms with Crippen LogP contribution in [0.1, 0.15) is 28.5 Å². The standard InChI is InChI=1S/C26H31N5O5/c1-3-19-4-9-23(24(16-19)35-2)36-18-25(32)30-14-12-29(13-15-30)11-10-21-17-31(28-27-21)22-7-5-20(6-8-22)26(33)34/h4-9,16-17H,3,10-15,18H2,1-2H3,(H,33,34). The predicted octanol–water partition coefficient (Wildman–Crippen LogP) is 2.30. The van der Waals surface area contributed by atoms with Crippen LogP contribution in [0.5, 0.6) is 11.5 Å². The van der Waals surface area contributed by atoms with Gasteiger partial charge in [-0.2, -0.15) is 0 Å². The quantitative estimate of drug-likeness (QED) is 0.458. The Labute approximate surface area is 210 Å². The van der Waals surface area contributed by atoms with E-state index in [9.17, 15) is 9.59 Å². The molecule has 0 spiro atoms. The summed E-state index contributed by atoms with van der Waals surface area (Å²) in [6.07, 6.45) is 3.49. The summed E-state index contributed by atoms with van der Waals surface area (Å²) in [5, 5.41) is 17.4. The lowest BCUT2D eigenvalue weighted by Crippen LogP contribution is -2.50. The number of benzene rings is 2. The molecular weight excluding hydrogens is 462 g/mol.